The highest BCUT2D eigenvalue weighted by Crippen LogP contribution is 2.37. The normalized spacial score (nSPS) is 25.4. The maximum Gasteiger partial charge on any atom is 0.240 e. The fraction of sp³-hybridized carbons (Fsp3) is 0.944. The van der Waals surface area contributed by atoms with Crippen molar-refractivity contribution < 1.29 is 14.3 Å². The minimum atomic E-state index is -0.743. The minimum Gasteiger partial charge on any atom is -0.381 e. The summed E-state index contributed by atoms with van der Waals surface area (Å²) in [4.78, 5) is 15.2. The van der Waals surface area contributed by atoms with Gasteiger partial charge in [0.1, 0.15) is 0 Å². The van der Waals surface area contributed by atoms with Gasteiger partial charge in [0, 0.05) is 44.8 Å². The van der Waals surface area contributed by atoms with E-state index >= 15 is 0 Å². The first kappa shape index (κ1) is 23.9. The maximum absolute atomic E-state index is 12.7. The van der Waals surface area contributed by atoms with Crippen LogP contribution < -0.4 is 11.1 Å². The summed E-state index contributed by atoms with van der Waals surface area (Å²) in [6, 6.07) is 0. The summed E-state index contributed by atoms with van der Waals surface area (Å²) in [6.07, 6.45) is 7.49. The lowest BCUT2D eigenvalue weighted by Gasteiger charge is -2.43. The van der Waals surface area contributed by atoms with Gasteiger partial charge in [-0.25, -0.2) is 0 Å². The summed E-state index contributed by atoms with van der Waals surface area (Å²) in [5.41, 5.74) is 5.78. The third-order valence-corrected chi connectivity index (χ3v) is 6.04. The van der Waals surface area contributed by atoms with Crippen LogP contribution in [0.3, 0.4) is 0 Å². The Balaban J connectivity index is 0.00000169. The molecule has 2 aliphatic heterocycles. The third-order valence-electron chi connectivity index (χ3n) is 6.04. The van der Waals surface area contributed by atoms with Crippen LogP contribution in [-0.4, -0.2) is 69.0 Å². The molecule has 3 aliphatic rings. The number of ether oxygens (including phenoxy) is 2. The number of morpholine rings is 1. The Morgan fingerprint density at radius 2 is 1.50 bits per heavy atom. The van der Waals surface area contributed by atoms with Crippen molar-refractivity contribution in [2.45, 2.75) is 50.5 Å². The molecule has 0 bridgehead atoms. The highest BCUT2D eigenvalue weighted by Gasteiger charge is 2.39. The lowest BCUT2D eigenvalue weighted by Crippen LogP contribution is -2.59. The molecule has 0 aromatic carbocycles. The first-order valence-electron chi connectivity index (χ1n) is 9.57. The van der Waals surface area contributed by atoms with E-state index in [-0.39, 0.29) is 36.1 Å². The van der Waals surface area contributed by atoms with Crippen molar-refractivity contribution >= 4 is 30.7 Å². The van der Waals surface area contributed by atoms with Crippen molar-refractivity contribution in [1.82, 2.24) is 10.2 Å². The standard InChI is InChI=1S/C18H33N3O3.2ClH/c19-18(6-10-23-11-7-18)16(22)20-14-17(4-2-1-3-5-17)15-21-8-12-24-13-9-21;;/h1-15,19H2,(H,20,22);2*1H. The first-order valence-corrected chi connectivity index (χ1v) is 9.57. The van der Waals surface area contributed by atoms with Crippen LogP contribution in [0.25, 0.3) is 0 Å². The zero-order chi connectivity index (χ0) is 16.9. The summed E-state index contributed by atoms with van der Waals surface area (Å²) in [5.74, 6) is 0.0118. The van der Waals surface area contributed by atoms with E-state index in [1.54, 1.807) is 0 Å². The summed E-state index contributed by atoms with van der Waals surface area (Å²) in [7, 11) is 0. The topological polar surface area (TPSA) is 76.8 Å². The molecule has 8 heteroatoms. The molecule has 1 aliphatic carbocycles. The van der Waals surface area contributed by atoms with Gasteiger partial charge in [-0.1, -0.05) is 19.3 Å². The Bertz CT molecular complexity index is 422. The number of rotatable bonds is 5. The number of carbonyl (C=O) groups excluding carboxylic acids is 1. The number of amides is 1. The molecule has 0 aromatic rings. The van der Waals surface area contributed by atoms with Gasteiger partial charge in [-0.15, -0.1) is 24.8 Å². The SMILES string of the molecule is Cl.Cl.NC1(C(=O)NCC2(CN3CCOCC3)CCCCC2)CCOCC1. The smallest absolute Gasteiger partial charge is 0.240 e. The number of halogens is 2. The molecule has 0 unspecified atom stereocenters. The molecule has 0 aromatic heterocycles. The Morgan fingerprint density at radius 1 is 0.923 bits per heavy atom. The zero-order valence-corrected chi connectivity index (χ0v) is 17.3. The van der Waals surface area contributed by atoms with E-state index in [4.69, 9.17) is 15.2 Å². The summed E-state index contributed by atoms with van der Waals surface area (Å²) >= 11 is 0. The van der Waals surface area contributed by atoms with E-state index in [0.717, 1.165) is 39.4 Å². The molecule has 3 rings (SSSR count). The monoisotopic (exact) mass is 411 g/mol. The van der Waals surface area contributed by atoms with Crippen molar-refractivity contribution in [2.24, 2.45) is 11.1 Å². The van der Waals surface area contributed by atoms with Crippen LogP contribution in [0.15, 0.2) is 0 Å². The van der Waals surface area contributed by atoms with Gasteiger partial charge in [0.2, 0.25) is 5.91 Å². The second-order valence-electron chi connectivity index (χ2n) is 7.90. The average Bonchev–Trinajstić information content (AvgIpc) is 2.62. The van der Waals surface area contributed by atoms with Crippen LogP contribution in [0.4, 0.5) is 0 Å². The molecule has 1 amide bonds. The largest absolute Gasteiger partial charge is 0.381 e. The number of hydrogen-bond donors (Lipinski definition) is 2. The highest BCUT2D eigenvalue weighted by molar-refractivity contribution is 5.86. The Morgan fingerprint density at radius 3 is 2.12 bits per heavy atom. The first-order chi connectivity index (χ1) is 11.6. The summed E-state index contributed by atoms with van der Waals surface area (Å²) < 4.78 is 10.8. The molecule has 0 spiro atoms. The Labute approximate surface area is 169 Å². The van der Waals surface area contributed by atoms with Gasteiger partial charge in [0.25, 0.3) is 0 Å². The van der Waals surface area contributed by atoms with Gasteiger partial charge in [-0.05, 0) is 25.7 Å². The molecule has 1 saturated carbocycles. The van der Waals surface area contributed by atoms with Crippen LogP contribution in [0.1, 0.15) is 44.9 Å². The fourth-order valence-corrected chi connectivity index (χ4v) is 4.33. The van der Waals surface area contributed by atoms with E-state index in [9.17, 15) is 4.79 Å². The molecule has 0 radical (unpaired) electrons. The van der Waals surface area contributed by atoms with Crippen molar-refractivity contribution in [2.75, 3.05) is 52.6 Å². The van der Waals surface area contributed by atoms with E-state index in [1.807, 2.05) is 0 Å². The lowest BCUT2D eigenvalue weighted by atomic mass is 9.73. The van der Waals surface area contributed by atoms with Crippen molar-refractivity contribution in [3.63, 3.8) is 0 Å². The van der Waals surface area contributed by atoms with Gasteiger partial charge in [-0.2, -0.15) is 0 Å². The van der Waals surface area contributed by atoms with Crippen LogP contribution >= 0.6 is 24.8 Å². The van der Waals surface area contributed by atoms with E-state index < -0.39 is 5.54 Å². The number of nitrogens with zero attached hydrogens (tertiary/aromatic N) is 1. The fourth-order valence-electron chi connectivity index (χ4n) is 4.33. The zero-order valence-electron chi connectivity index (χ0n) is 15.7. The number of carbonyl (C=O) groups is 1. The van der Waals surface area contributed by atoms with Crippen molar-refractivity contribution in [1.29, 1.82) is 0 Å². The quantitative estimate of drug-likeness (QED) is 0.720. The average molecular weight is 412 g/mol. The van der Waals surface area contributed by atoms with Gasteiger partial charge in [-0.3, -0.25) is 9.69 Å². The van der Waals surface area contributed by atoms with Gasteiger partial charge >= 0.3 is 0 Å². The van der Waals surface area contributed by atoms with Crippen molar-refractivity contribution in [3.8, 4) is 0 Å². The summed E-state index contributed by atoms with van der Waals surface area (Å²) in [6.45, 7) is 6.66. The van der Waals surface area contributed by atoms with Gasteiger partial charge < -0.3 is 20.5 Å². The Hall–Kier alpha value is -0.110. The molecule has 2 saturated heterocycles. The second-order valence-corrected chi connectivity index (χ2v) is 7.90. The molecule has 3 N–H and O–H groups in total. The van der Waals surface area contributed by atoms with Crippen LogP contribution in [0, 0.1) is 5.41 Å². The molecule has 3 fully saturated rings. The summed E-state index contributed by atoms with van der Waals surface area (Å²) in [5, 5.41) is 3.22. The van der Waals surface area contributed by atoms with Crippen LogP contribution in [0.2, 0.25) is 0 Å². The third kappa shape index (κ3) is 6.21. The number of hydrogen-bond acceptors (Lipinski definition) is 5. The molecule has 6 nitrogen and oxygen atoms in total. The molecule has 154 valence electrons. The Kier molecular flexibility index (Phi) is 10.1. The highest BCUT2D eigenvalue weighted by atomic mass is 35.5. The molecule has 2 heterocycles. The van der Waals surface area contributed by atoms with Crippen LogP contribution in [-0.2, 0) is 14.3 Å². The minimum absolute atomic E-state index is 0. The van der Waals surface area contributed by atoms with Crippen LogP contribution in [0.5, 0.6) is 0 Å². The van der Waals surface area contributed by atoms with E-state index in [2.05, 4.69) is 10.2 Å². The molecule has 26 heavy (non-hydrogen) atoms. The lowest BCUT2D eigenvalue weighted by molar-refractivity contribution is -0.130. The predicted molar refractivity (Wildman–Crippen MR) is 107 cm³/mol. The van der Waals surface area contributed by atoms with Crippen molar-refractivity contribution in [3.05, 3.63) is 0 Å². The molecule has 0 atom stereocenters. The predicted octanol–water partition coefficient (Wildman–Crippen LogP) is 1.74. The number of nitrogens with two attached hydrogens (primary N) is 1. The van der Waals surface area contributed by atoms with E-state index in [1.165, 1.54) is 32.1 Å². The second kappa shape index (κ2) is 11.0. The van der Waals surface area contributed by atoms with Gasteiger partial charge in [0.05, 0.1) is 18.8 Å². The van der Waals surface area contributed by atoms with E-state index in [0.29, 0.717) is 26.1 Å². The van der Waals surface area contributed by atoms with Gasteiger partial charge in [0.15, 0.2) is 0 Å². The maximum atomic E-state index is 12.7. The number of nitrogens with one attached hydrogen (secondary N) is 1. The molecular weight excluding hydrogens is 377 g/mol. The molecular formula is C18H35Cl2N3O3.